The van der Waals surface area contributed by atoms with Crippen molar-refractivity contribution >= 4 is 11.8 Å². The number of likely N-dealkylation sites (tertiary alicyclic amines) is 1. The van der Waals surface area contributed by atoms with Gasteiger partial charge in [0.25, 0.3) is 5.91 Å². The van der Waals surface area contributed by atoms with Gasteiger partial charge in [0.15, 0.2) is 0 Å². The Morgan fingerprint density at radius 3 is 2.39 bits per heavy atom. The molecule has 1 aliphatic rings. The first kappa shape index (κ1) is 22.6. The highest BCUT2D eigenvalue weighted by Crippen LogP contribution is 2.26. The standard InChI is InChI=1S/C24H25F2N5O2/c1-16(17-3-6-20(7-4-17)31-15-27-14-28-31)29(2)23(32)18-9-11-30(12-10-18)24(33)21-8-5-19(25)13-22(21)26/h3-8,13-16,18H,9-12H2,1-2H3/t16-/m1/s1. The van der Waals surface area contributed by atoms with E-state index >= 15 is 0 Å². The van der Waals surface area contributed by atoms with Gasteiger partial charge in [0.1, 0.15) is 24.3 Å². The molecule has 0 radical (unpaired) electrons. The number of hydrogen-bond acceptors (Lipinski definition) is 4. The van der Waals surface area contributed by atoms with Gasteiger partial charge in [-0.15, -0.1) is 0 Å². The summed E-state index contributed by atoms with van der Waals surface area (Å²) >= 11 is 0. The molecule has 2 aromatic carbocycles. The number of halogens is 2. The monoisotopic (exact) mass is 453 g/mol. The van der Waals surface area contributed by atoms with Crippen molar-refractivity contribution in [2.45, 2.75) is 25.8 Å². The Labute approximate surface area is 190 Å². The smallest absolute Gasteiger partial charge is 0.256 e. The average Bonchev–Trinajstić information content (AvgIpc) is 3.37. The van der Waals surface area contributed by atoms with Gasteiger partial charge in [0.2, 0.25) is 5.91 Å². The maximum Gasteiger partial charge on any atom is 0.256 e. The summed E-state index contributed by atoms with van der Waals surface area (Å²) in [4.78, 5) is 32.9. The summed E-state index contributed by atoms with van der Waals surface area (Å²) in [6.45, 7) is 2.67. The van der Waals surface area contributed by atoms with Crippen molar-refractivity contribution < 1.29 is 18.4 Å². The Kier molecular flexibility index (Phi) is 6.48. The number of carbonyl (C=O) groups excluding carboxylic acids is 2. The van der Waals surface area contributed by atoms with E-state index in [4.69, 9.17) is 0 Å². The predicted molar refractivity (Wildman–Crippen MR) is 118 cm³/mol. The van der Waals surface area contributed by atoms with Crippen molar-refractivity contribution in [3.05, 3.63) is 77.9 Å². The Balaban J connectivity index is 1.35. The van der Waals surface area contributed by atoms with Crippen LogP contribution < -0.4 is 0 Å². The molecule has 1 saturated heterocycles. The van der Waals surface area contributed by atoms with Crippen LogP contribution in [-0.4, -0.2) is 56.5 Å². The van der Waals surface area contributed by atoms with Crippen LogP contribution in [0.15, 0.2) is 55.1 Å². The fraction of sp³-hybridized carbons (Fsp3) is 0.333. The van der Waals surface area contributed by atoms with E-state index < -0.39 is 17.5 Å². The van der Waals surface area contributed by atoms with E-state index in [1.807, 2.05) is 31.2 Å². The molecule has 4 rings (SSSR count). The van der Waals surface area contributed by atoms with Crippen LogP contribution in [0.2, 0.25) is 0 Å². The molecule has 9 heteroatoms. The molecule has 7 nitrogen and oxygen atoms in total. The molecule has 2 heterocycles. The summed E-state index contributed by atoms with van der Waals surface area (Å²) in [6.07, 6.45) is 4.08. The molecule has 0 unspecified atom stereocenters. The lowest BCUT2D eigenvalue weighted by molar-refractivity contribution is -0.137. The van der Waals surface area contributed by atoms with Crippen molar-refractivity contribution in [3.63, 3.8) is 0 Å². The number of rotatable bonds is 5. The molecule has 1 fully saturated rings. The van der Waals surface area contributed by atoms with Crippen molar-refractivity contribution in [2.75, 3.05) is 20.1 Å². The van der Waals surface area contributed by atoms with Gasteiger partial charge in [-0.25, -0.2) is 18.4 Å². The largest absolute Gasteiger partial charge is 0.339 e. The Bertz CT molecular complexity index is 1130. The van der Waals surface area contributed by atoms with E-state index in [2.05, 4.69) is 10.1 Å². The zero-order chi connectivity index (χ0) is 23.5. The minimum Gasteiger partial charge on any atom is -0.339 e. The number of piperidine rings is 1. The Morgan fingerprint density at radius 1 is 1.09 bits per heavy atom. The van der Waals surface area contributed by atoms with Crippen LogP contribution in [0.5, 0.6) is 0 Å². The van der Waals surface area contributed by atoms with Crippen LogP contribution >= 0.6 is 0 Å². The van der Waals surface area contributed by atoms with Gasteiger partial charge in [0, 0.05) is 32.1 Å². The molecule has 1 atom stereocenters. The lowest BCUT2D eigenvalue weighted by atomic mass is 9.93. The fourth-order valence-electron chi connectivity index (χ4n) is 4.11. The number of nitrogens with zero attached hydrogens (tertiary/aromatic N) is 5. The van der Waals surface area contributed by atoms with E-state index in [-0.39, 0.29) is 23.4 Å². The number of aromatic nitrogens is 3. The first-order valence-corrected chi connectivity index (χ1v) is 10.8. The lowest BCUT2D eigenvalue weighted by Gasteiger charge is -2.35. The Hall–Kier alpha value is -3.62. The fourth-order valence-corrected chi connectivity index (χ4v) is 4.11. The van der Waals surface area contributed by atoms with Gasteiger partial charge < -0.3 is 9.80 Å². The molecule has 2 amide bonds. The molecule has 0 saturated carbocycles. The molecular weight excluding hydrogens is 428 g/mol. The number of carbonyl (C=O) groups is 2. The molecule has 33 heavy (non-hydrogen) atoms. The molecule has 1 aromatic heterocycles. The van der Waals surface area contributed by atoms with Gasteiger partial charge >= 0.3 is 0 Å². The minimum atomic E-state index is -0.874. The predicted octanol–water partition coefficient (Wildman–Crippen LogP) is 3.62. The summed E-state index contributed by atoms with van der Waals surface area (Å²) in [5, 5.41) is 4.11. The topological polar surface area (TPSA) is 71.3 Å². The highest BCUT2D eigenvalue weighted by atomic mass is 19.1. The molecule has 1 aliphatic heterocycles. The molecule has 0 aliphatic carbocycles. The lowest BCUT2D eigenvalue weighted by Crippen LogP contribution is -2.44. The van der Waals surface area contributed by atoms with E-state index in [0.29, 0.717) is 32.0 Å². The molecule has 0 spiro atoms. The normalized spacial score (nSPS) is 15.3. The summed E-state index contributed by atoms with van der Waals surface area (Å²) in [5.74, 6) is -2.27. The van der Waals surface area contributed by atoms with Crippen LogP contribution in [0.25, 0.3) is 5.69 Å². The maximum atomic E-state index is 14.0. The second-order valence-corrected chi connectivity index (χ2v) is 8.25. The molecule has 3 aromatic rings. The first-order valence-electron chi connectivity index (χ1n) is 10.8. The molecule has 0 bridgehead atoms. The minimum absolute atomic E-state index is 0.0166. The summed E-state index contributed by atoms with van der Waals surface area (Å²) in [5.41, 5.74) is 1.72. The molecular formula is C24H25F2N5O2. The molecule has 172 valence electrons. The highest BCUT2D eigenvalue weighted by molar-refractivity contribution is 5.94. The van der Waals surface area contributed by atoms with Gasteiger partial charge in [-0.1, -0.05) is 12.1 Å². The third-order valence-electron chi connectivity index (χ3n) is 6.28. The van der Waals surface area contributed by atoms with E-state index in [1.165, 1.54) is 11.2 Å². The van der Waals surface area contributed by atoms with Crippen LogP contribution in [0.4, 0.5) is 8.78 Å². The van der Waals surface area contributed by atoms with Gasteiger partial charge in [-0.2, -0.15) is 5.10 Å². The highest BCUT2D eigenvalue weighted by Gasteiger charge is 2.31. The SMILES string of the molecule is C[C@H](c1ccc(-n2cncn2)cc1)N(C)C(=O)C1CCN(C(=O)c2ccc(F)cc2F)CC1. The van der Waals surface area contributed by atoms with Gasteiger partial charge in [-0.05, 0) is 49.6 Å². The number of amides is 2. The zero-order valence-electron chi connectivity index (χ0n) is 18.5. The Morgan fingerprint density at radius 2 is 1.79 bits per heavy atom. The second kappa shape index (κ2) is 9.48. The van der Waals surface area contributed by atoms with Crippen molar-refractivity contribution in [3.8, 4) is 5.69 Å². The average molecular weight is 453 g/mol. The summed E-state index contributed by atoms with van der Waals surface area (Å²) < 4.78 is 28.8. The van der Waals surface area contributed by atoms with E-state index in [0.717, 1.165) is 23.4 Å². The second-order valence-electron chi connectivity index (χ2n) is 8.25. The van der Waals surface area contributed by atoms with Crippen LogP contribution in [0.1, 0.15) is 41.7 Å². The van der Waals surface area contributed by atoms with Gasteiger partial charge in [-0.3, -0.25) is 9.59 Å². The van der Waals surface area contributed by atoms with Crippen LogP contribution in [-0.2, 0) is 4.79 Å². The maximum absolute atomic E-state index is 14.0. The van der Waals surface area contributed by atoms with Crippen molar-refractivity contribution in [2.24, 2.45) is 5.92 Å². The van der Waals surface area contributed by atoms with Crippen LogP contribution in [0, 0.1) is 17.6 Å². The van der Waals surface area contributed by atoms with Crippen molar-refractivity contribution in [1.82, 2.24) is 24.6 Å². The van der Waals surface area contributed by atoms with Crippen LogP contribution in [0.3, 0.4) is 0 Å². The molecule has 0 N–H and O–H groups in total. The van der Waals surface area contributed by atoms with Crippen molar-refractivity contribution in [1.29, 1.82) is 0 Å². The third kappa shape index (κ3) is 4.76. The first-order chi connectivity index (χ1) is 15.8. The van der Waals surface area contributed by atoms with Gasteiger partial charge in [0.05, 0.1) is 17.3 Å². The summed E-state index contributed by atoms with van der Waals surface area (Å²) in [7, 11) is 1.78. The number of benzene rings is 2. The summed E-state index contributed by atoms with van der Waals surface area (Å²) in [6, 6.07) is 10.6. The third-order valence-corrected chi connectivity index (χ3v) is 6.28. The van der Waals surface area contributed by atoms with E-state index in [1.54, 1.807) is 23.0 Å². The quantitative estimate of drug-likeness (QED) is 0.592. The number of hydrogen-bond donors (Lipinski definition) is 0. The van der Waals surface area contributed by atoms with E-state index in [9.17, 15) is 18.4 Å². The zero-order valence-corrected chi connectivity index (χ0v) is 18.5.